The third-order valence-electron chi connectivity index (χ3n) is 3.92. The monoisotopic (exact) mass is 306 g/mol. The molecule has 0 aliphatic carbocycles. The lowest BCUT2D eigenvalue weighted by Crippen LogP contribution is -2.55. The maximum absolute atomic E-state index is 12.6. The van der Waals surface area contributed by atoms with Crippen LogP contribution in [0, 0.1) is 0 Å². The van der Waals surface area contributed by atoms with Crippen LogP contribution in [-0.4, -0.2) is 42.1 Å². The second kappa shape index (κ2) is 7.01. The highest BCUT2D eigenvalue weighted by Gasteiger charge is 2.33. The summed E-state index contributed by atoms with van der Waals surface area (Å²) in [7, 11) is 0. The number of carbonyl (C=O) groups excluding carboxylic acids is 1. The van der Waals surface area contributed by atoms with Gasteiger partial charge in [-0.05, 0) is 32.4 Å². The molecule has 2 N–H and O–H groups in total. The van der Waals surface area contributed by atoms with Crippen LogP contribution in [0.4, 0.5) is 0 Å². The van der Waals surface area contributed by atoms with Crippen molar-refractivity contribution in [1.82, 2.24) is 4.90 Å². The maximum atomic E-state index is 12.6. The van der Waals surface area contributed by atoms with E-state index in [4.69, 9.17) is 15.2 Å². The van der Waals surface area contributed by atoms with Crippen LogP contribution in [0.25, 0.3) is 0 Å². The highest BCUT2D eigenvalue weighted by Crippen LogP contribution is 2.31. The van der Waals surface area contributed by atoms with Crippen LogP contribution in [0.1, 0.15) is 33.6 Å². The van der Waals surface area contributed by atoms with Crippen molar-refractivity contribution in [3.63, 3.8) is 0 Å². The van der Waals surface area contributed by atoms with Crippen LogP contribution in [0.15, 0.2) is 24.3 Å². The molecule has 0 bridgehead atoms. The number of rotatable bonds is 6. The maximum Gasteiger partial charge on any atom is 0.242 e. The minimum Gasteiger partial charge on any atom is -0.486 e. The van der Waals surface area contributed by atoms with E-state index < -0.39 is 5.54 Å². The van der Waals surface area contributed by atoms with Crippen molar-refractivity contribution >= 4 is 5.91 Å². The molecule has 2 unspecified atom stereocenters. The SMILES string of the molecule is CCCC(C)(N)C(=O)N(CC)CC1COc2ccccc2O1. The van der Waals surface area contributed by atoms with E-state index in [1.807, 2.05) is 38.1 Å². The van der Waals surface area contributed by atoms with Crippen molar-refractivity contribution in [2.45, 2.75) is 45.3 Å². The molecule has 1 amide bonds. The number of fused-ring (bicyclic) bond motifs is 1. The summed E-state index contributed by atoms with van der Waals surface area (Å²) in [5.74, 6) is 1.45. The number of ether oxygens (including phenoxy) is 2. The third-order valence-corrected chi connectivity index (χ3v) is 3.92. The Morgan fingerprint density at radius 2 is 2.05 bits per heavy atom. The quantitative estimate of drug-likeness (QED) is 0.875. The number of hydrogen-bond donors (Lipinski definition) is 1. The van der Waals surface area contributed by atoms with Gasteiger partial charge in [-0.25, -0.2) is 0 Å². The van der Waals surface area contributed by atoms with Gasteiger partial charge in [-0.15, -0.1) is 0 Å². The molecule has 22 heavy (non-hydrogen) atoms. The number of benzene rings is 1. The number of nitrogens with two attached hydrogens (primary N) is 1. The van der Waals surface area contributed by atoms with Crippen LogP contribution in [0.2, 0.25) is 0 Å². The lowest BCUT2D eigenvalue weighted by molar-refractivity contribution is -0.138. The third kappa shape index (κ3) is 3.71. The van der Waals surface area contributed by atoms with E-state index in [2.05, 4.69) is 0 Å². The first-order chi connectivity index (χ1) is 10.5. The van der Waals surface area contributed by atoms with Crippen LogP contribution in [0.5, 0.6) is 11.5 Å². The van der Waals surface area contributed by atoms with Gasteiger partial charge in [0.05, 0.1) is 12.1 Å². The molecule has 1 aromatic rings. The van der Waals surface area contributed by atoms with Gasteiger partial charge in [-0.3, -0.25) is 4.79 Å². The van der Waals surface area contributed by atoms with Gasteiger partial charge in [0.2, 0.25) is 5.91 Å². The van der Waals surface area contributed by atoms with Gasteiger partial charge in [-0.2, -0.15) is 0 Å². The molecule has 2 rings (SSSR count). The van der Waals surface area contributed by atoms with Crippen LogP contribution >= 0.6 is 0 Å². The summed E-state index contributed by atoms with van der Waals surface area (Å²) in [6, 6.07) is 7.58. The summed E-state index contributed by atoms with van der Waals surface area (Å²) in [6.07, 6.45) is 1.39. The summed E-state index contributed by atoms with van der Waals surface area (Å²) >= 11 is 0. The topological polar surface area (TPSA) is 64.8 Å². The zero-order valence-corrected chi connectivity index (χ0v) is 13.7. The lowest BCUT2D eigenvalue weighted by atomic mass is 9.95. The fourth-order valence-electron chi connectivity index (χ4n) is 2.74. The fourth-order valence-corrected chi connectivity index (χ4v) is 2.74. The first-order valence-corrected chi connectivity index (χ1v) is 7.94. The molecule has 0 radical (unpaired) electrons. The van der Waals surface area contributed by atoms with E-state index in [0.717, 1.165) is 17.9 Å². The molecule has 1 heterocycles. The van der Waals surface area contributed by atoms with Gasteiger partial charge in [0.25, 0.3) is 0 Å². The van der Waals surface area contributed by atoms with Crippen molar-refractivity contribution in [3.05, 3.63) is 24.3 Å². The molecule has 1 aromatic carbocycles. The number of nitrogens with zero attached hydrogens (tertiary/aromatic N) is 1. The standard InChI is InChI=1S/C17H26N2O3/c1-4-10-17(3,18)16(20)19(5-2)11-13-12-21-14-8-6-7-9-15(14)22-13/h6-9,13H,4-5,10-12,18H2,1-3H3. The Bertz CT molecular complexity index is 516. The molecule has 1 aliphatic rings. The molecule has 5 heteroatoms. The van der Waals surface area contributed by atoms with Gasteiger partial charge < -0.3 is 20.1 Å². The zero-order chi connectivity index (χ0) is 16.2. The molecule has 0 aromatic heterocycles. The van der Waals surface area contributed by atoms with E-state index in [-0.39, 0.29) is 12.0 Å². The summed E-state index contributed by atoms with van der Waals surface area (Å²) in [6.45, 7) is 7.32. The highest BCUT2D eigenvalue weighted by atomic mass is 16.6. The Morgan fingerprint density at radius 3 is 2.68 bits per heavy atom. The summed E-state index contributed by atoms with van der Waals surface area (Å²) in [5.41, 5.74) is 5.34. The molecule has 0 saturated carbocycles. The Hall–Kier alpha value is -1.75. The Kier molecular flexibility index (Phi) is 5.29. The van der Waals surface area contributed by atoms with Gasteiger partial charge in [0.15, 0.2) is 17.6 Å². The van der Waals surface area contributed by atoms with E-state index in [1.54, 1.807) is 11.8 Å². The van der Waals surface area contributed by atoms with Crippen LogP contribution < -0.4 is 15.2 Å². The molecular weight excluding hydrogens is 280 g/mol. The smallest absolute Gasteiger partial charge is 0.242 e. The van der Waals surface area contributed by atoms with Gasteiger partial charge >= 0.3 is 0 Å². The van der Waals surface area contributed by atoms with E-state index in [0.29, 0.717) is 26.1 Å². The number of carbonyl (C=O) groups is 1. The van der Waals surface area contributed by atoms with Crippen molar-refractivity contribution < 1.29 is 14.3 Å². The Morgan fingerprint density at radius 1 is 1.36 bits per heavy atom. The second-order valence-corrected chi connectivity index (χ2v) is 6.01. The molecule has 0 spiro atoms. The first-order valence-electron chi connectivity index (χ1n) is 7.94. The molecule has 5 nitrogen and oxygen atoms in total. The predicted molar refractivity (Wildman–Crippen MR) is 86.1 cm³/mol. The minimum absolute atomic E-state index is 0.0284. The molecule has 2 atom stereocenters. The van der Waals surface area contributed by atoms with Crippen molar-refractivity contribution in [1.29, 1.82) is 0 Å². The second-order valence-electron chi connectivity index (χ2n) is 6.01. The van der Waals surface area contributed by atoms with Crippen molar-refractivity contribution in [3.8, 4) is 11.5 Å². The van der Waals surface area contributed by atoms with Gasteiger partial charge in [0, 0.05) is 6.54 Å². The van der Waals surface area contributed by atoms with Crippen LogP contribution in [0.3, 0.4) is 0 Å². The van der Waals surface area contributed by atoms with Crippen molar-refractivity contribution in [2.75, 3.05) is 19.7 Å². The number of amides is 1. The number of para-hydroxylation sites is 2. The first kappa shape index (κ1) is 16.6. The van der Waals surface area contributed by atoms with Gasteiger partial charge in [0.1, 0.15) is 6.61 Å². The number of hydrogen-bond acceptors (Lipinski definition) is 4. The average Bonchev–Trinajstić information content (AvgIpc) is 2.51. The molecule has 0 fully saturated rings. The predicted octanol–water partition coefficient (Wildman–Crippen LogP) is 2.19. The van der Waals surface area contributed by atoms with Gasteiger partial charge in [-0.1, -0.05) is 25.5 Å². The zero-order valence-electron chi connectivity index (χ0n) is 13.7. The summed E-state index contributed by atoms with van der Waals surface area (Å²) in [5, 5.41) is 0. The minimum atomic E-state index is -0.821. The van der Waals surface area contributed by atoms with Crippen LogP contribution in [-0.2, 0) is 4.79 Å². The molecule has 1 aliphatic heterocycles. The van der Waals surface area contributed by atoms with E-state index in [1.165, 1.54) is 0 Å². The number of likely N-dealkylation sites (N-methyl/N-ethyl adjacent to an activating group) is 1. The highest BCUT2D eigenvalue weighted by molar-refractivity contribution is 5.85. The Labute approximate surface area is 132 Å². The largest absolute Gasteiger partial charge is 0.486 e. The lowest BCUT2D eigenvalue weighted by Gasteiger charge is -2.35. The van der Waals surface area contributed by atoms with E-state index in [9.17, 15) is 4.79 Å². The molecule has 122 valence electrons. The fraction of sp³-hybridized carbons (Fsp3) is 0.588. The normalized spacial score (nSPS) is 19.4. The van der Waals surface area contributed by atoms with E-state index >= 15 is 0 Å². The Balaban J connectivity index is 2.01. The molecule has 0 saturated heterocycles. The molecular formula is C17H26N2O3. The summed E-state index contributed by atoms with van der Waals surface area (Å²) in [4.78, 5) is 14.4. The van der Waals surface area contributed by atoms with Crippen molar-refractivity contribution in [2.24, 2.45) is 5.73 Å². The average molecular weight is 306 g/mol. The summed E-state index contributed by atoms with van der Waals surface area (Å²) < 4.78 is 11.6.